The molecule has 10 heteroatoms. The summed E-state index contributed by atoms with van der Waals surface area (Å²) in [6.07, 6.45) is 5.27. The summed E-state index contributed by atoms with van der Waals surface area (Å²) in [5.41, 5.74) is 7.04. The second-order valence-corrected chi connectivity index (χ2v) is 6.64. The highest BCUT2D eigenvalue weighted by atomic mass is 32.1. The summed E-state index contributed by atoms with van der Waals surface area (Å²) < 4.78 is 12.4. The highest BCUT2D eigenvalue weighted by Crippen LogP contribution is 2.29. The Labute approximate surface area is 173 Å². The average molecular weight is 415 g/mol. The molecule has 0 spiro atoms. The summed E-state index contributed by atoms with van der Waals surface area (Å²) in [6.45, 7) is 2.83. The van der Waals surface area contributed by atoms with E-state index < -0.39 is 5.91 Å². The summed E-state index contributed by atoms with van der Waals surface area (Å²) >= 11 is 5.31. The van der Waals surface area contributed by atoms with Crippen molar-refractivity contribution in [1.82, 2.24) is 20.0 Å². The van der Waals surface area contributed by atoms with Gasteiger partial charge in [-0.1, -0.05) is 6.07 Å². The molecule has 0 aliphatic carbocycles. The Hall–Kier alpha value is -3.40. The number of aryl methyl sites for hydroxylation is 1. The van der Waals surface area contributed by atoms with E-state index >= 15 is 0 Å². The van der Waals surface area contributed by atoms with Gasteiger partial charge in [0.2, 0.25) is 0 Å². The van der Waals surface area contributed by atoms with Crippen LogP contribution in [0.4, 0.5) is 0 Å². The van der Waals surface area contributed by atoms with Gasteiger partial charge in [0, 0.05) is 18.3 Å². The molecule has 29 heavy (non-hydrogen) atoms. The number of hydrogen-bond donors (Lipinski definition) is 2. The highest BCUT2D eigenvalue weighted by Gasteiger charge is 2.30. The first kappa shape index (κ1) is 20.3. The number of methoxy groups -OCH3 is 1. The van der Waals surface area contributed by atoms with Crippen LogP contribution in [0.3, 0.4) is 0 Å². The fourth-order valence-corrected chi connectivity index (χ4v) is 3.02. The van der Waals surface area contributed by atoms with Crippen molar-refractivity contribution < 1.29 is 19.1 Å². The first-order chi connectivity index (χ1) is 13.9. The predicted octanol–water partition coefficient (Wildman–Crippen LogP) is 1.03. The number of hydrogen-bond acceptors (Lipinski definition) is 6. The number of primary amides is 1. The summed E-state index contributed by atoms with van der Waals surface area (Å²) in [5.74, 6) is -0.0222. The van der Waals surface area contributed by atoms with Crippen molar-refractivity contribution >= 4 is 35.2 Å². The van der Waals surface area contributed by atoms with Crippen LogP contribution in [-0.2, 0) is 22.7 Å². The zero-order valence-electron chi connectivity index (χ0n) is 16.0. The Balaban J connectivity index is 1.77. The zero-order valence-corrected chi connectivity index (χ0v) is 16.9. The largest absolute Gasteiger partial charge is 0.493 e. The number of nitrogens with one attached hydrogen (secondary N) is 1. The molecule has 1 aliphatic rings. The van der Waals surface area contributed by atoms with E-state index in [4.69, 9.17) is 27.4 Å². The van der Waals surface area contributed by atoms with E-state index in [9.17, 15) is 9.59 Å². The molecule has 2 aromatic rings. The van der Waals surface area contributed by atoms with E-state index in [2.05, 4.69) is 10.4 Å². The average Bonchev–Trinajstić information content (AvgIpc) is 3.26. The van der Waals surface area contributed by atoms with Gasteiger partial charge in [-0.2, -0.15) is 5.10 Å². The van der Waals surface area contributed by atoms with Crippen LogP contribution in [0.5, 0.6) is 11.5 Å². The van der Waals surface area contributed by atoms with E-state index in [0.29, 0.717) is 34.4 Å². The Morgan fingerprint density at radius 3 is 2.83 bits per heavy atom. The number of amides is 2. The lowest BCUT2D eigenvalue weighted by Crippen LogP contribution is -2.29. The van der Waals surface area contributed by atoms with Gasteiger partial charge < -0.3 is 20.5 Å². The number of carbonyl (C=O) groups excluding carboxylic acids is 2. The fraction of sp³-hybridized carbons (Fsp3) is 0.263. The van der Waals surface area contributed by atoms with Crippen LogP contribution in [0.15, 0.2) is 36.3 Å². The number of carbonyl (C=O) groups is 2. The first-order valence-corrected chi connectivity index (χ1v) is 9.27. The van der Waals surface area contributed by atoms with Gasteiger partial charge in [-0.3, -0.25) is 19.2 Å². The molecule has 1 aliphatic heterocycles. The maximum Gasteiger partial charge on any atom is 0.276 e. The molecule has 2 amide bonds. The smallest absolute Gasteiger partial charge is 0.276 e. The second kappa shape index (κ2) is 8.74. The Morgan fingerprint density at radius 1 is 1.38 bits per heavy atom. The van der Waals surface area contributed by atoms with Crippen molar-refractivity contribution in [2.75, 3.05) is 13.7 Å². The SMILES string of the molecule is CCn1cc(CN2C(=O)/C(=C\c3ccc(OCC(N)=O)c(OC)c3)NC2=S)cn1. The van der Waals surface area contributed by atoms with Crippen molar-refractivity contribution in [3.8, 4) is 11.5 Å². The summed E-state index contributed by atoms with van der Waals surface area (Å²) in [4.78, 5) is 25.2. The quantitative estimate of drug-likeness (QED) is 0.489. The molecular weight excluding hydrogens is 394 g/mol. The van der Waals surface area contributed by atoms with Gasteiger partial charge in [0.05, 0.1) is 19.9 Å². The Bertz CT molecular complexity index is 985. The Morgan fingerprint density at radius 2 is 2.17 bits per heavy atom. The van der Waals surface area contributed by atoms with Crippen LogP contribution in [0.1, 0.15) is 18.1 Å². The number of ether oxygens (including phenoxy) is 2. The van der Waals surface area contributed by atoms with Crippen LogP contribution in [0, 0.1) is 0 Å². The van der Waals surface area contributed by atoms with Gasteiger partial charge in [0.1, 0.15) is 5.70 Å². The topological polar surface area (TPSA) is 112 Å². The molecule has 1 saturated heterocycles. The van der Waals surface area contributed by atoms with E-state index in [1.54, 1.807) is 35.2 Å². The van der Waals surface area contributed by atoms with Gasteiger partial charge in [-0.25, -0.2) is 0 Å². The van der Waals surface area contributed by atoms with Crippen LogP contribution in [0.25, 0.3) is 6.08 Å². The maximum absolute atomic E-state index is 12.8. The number of aromatic nitrogens is 2. The van der Waals surface area contributed by atoms with Gasteiger partial charge in [-0.15, -0.1) is 0 Å². The third-order valence-electron chi connectivity index (χ3n) is 4.18. The molecule has 0 unspecified atom stereocenters. The van der Waals surface area contributed by atoms with Crippen molar-refractivity contribution in [1.29, 1.82) is 0 Å². The Kier molecular flexibility index (Phi) is 6.13. The number of thiocarbonyl (C=S) groups is 1. The molecule has 152 valence electrons. The molecule has 0 atom stereocenters. The molecule has 1 aromatic heterocycles. The third kappa shape index (κ3) is 4.72. The molecule has 2 heterocycles. The first-order valence-electron chi connectivity index (χ1n) is 8.86. The molecule has 1 fully saturated rings. The van der Waals surface area contributed by atoms with E-state index in [0.717, 1.165) is 12.1 Å². The highest BCUT2D eigenvalue weighted by molar-refractivity contribution is 7.80. The van der Waals surface area contributed by atoms with Crippen LogP contribution >= 0.6 is 12.2 Å². The fourth-order valence-electron chi connectivity index (χ4n) is 2.77. The lowest BCUT2D eigenvalue weighted by atomic mass is 10.1. The number of nitrogens with two attached hydrogens (primary N) is 1. The molecule has 3 N–H and O–H groups in total. The lowest BCUT2D eigenvalue weighted by Gasteiger charge is -2.12. The molecule has 9 nitrogen and oxygen atoms in total. The molecule has 3 rings (SSSR count). The molecule has 0 saturated carbocycles. The molecular formula is C19H21N5O4S. The normalized spacial score (nSPS) is 15.0. The van der Waals surface area contributed by atoms with E-state index in [-0.39, 0.29) is 12.5 Å². The number of nitrogens with zero attached hydrogens (tertiary/aromatic N) is 3. The summed E-state index contributed by atoms with van der Waals surface area (Å²) in [5, 5.41) is 7.49. The van der Waals surface area contributed by atoms with Crippen LogP contribution < -0.4 is 20.5 Å². The summed E-state index contributed by atoms with van der Waals surface area (Å²) in [7, 11) is 1.48. The zero-order chi connectivity index (χ0) is 21.0. The second-order valence-electron chi connectivity index (χ2n) is 6.25. The molecule has 0 radical (unpaired) electrons. The third-order valence-corrected chi connectivity index (χ3v) is 4.50. The van der Waals surface area contributed by atoms with Crippen molar-refractivity contribution in [2.24, 2.45) is 5.73 Å². The molecule has 1 aromatic carbocycles. The van der Waals surface area contributed by atoms with Gasteiger partial charge in [0.25, 0.3) is 11.8 Å². The van der Waals surface area contributed by atoms with Crippen molar-refractivity contribution in [3.63, 3.8) is 0 Å². The predicted molar refractivity (Wildman–Crippen MR) is 110 cm³/mol. The van der Waals surface area contributed by atoms with E-state index in [1.165, 1.54) is 12.0 Å². The summed E-state index contributed by atoms with van der Waals surface area (Å²) in [6, 6.07) is 5.07. The number of rotatable bonds is 8. The van der Waals surface area contributed by atoms with E-state index in [1.807, 2.05) is 13.1 Å². The molecule has 0 bridgehead atoms. The minimum Gasteiger partial charge on any atom is -0.493 e. The van der Waals surface area contributed by atoms with Crippen molar-refractivity contribution in [2.45, 2.75) is 20.0 Å². The van der Waals surface area contributed by atoms with Gasteiger partial charge in [-0.05, 0) is 42.9 Å². The minimum atomic E-state index is -0.586. The van der Waals surface area contributed by atoms with Gasteiger partial charge >= 0.3 is 0 Å². The maximum atomic E-state index is 12.8. The monoisotopic (exact) mass is 415 g/mol. The number of benzene rings is 1. The standard InChI is InChI=1S/C19H21N5O4S/c1-3-23-9-13(8-21-23)10-24-18(26)14(22-19(24)29)6-12-4-5-15(16(7-12)27-2)28-11-17(20)25/h4-9H,3,10-11H2,1-2H3,(H2,20,25)(H,22,29)/b14-6+. The minimum absolute atomic E-state index is 0.229. The lowest BCUT2D eigenvalue weighted by molar-refractivity contribution is -0.122. The van der Waals surface area contributed by atoms with Crippen LogP contribution in [-0.4, -0.2) is 45.3 Å². The van der Waals surface area contributed by atoms with Crippen LogP contribution in [0.2, 0.25) is 0 Å². The van der Waals surface area contributed by atoms with Gasteiger partial charge in [0.15, 0.2) is 23.2 Å². The van der Waals surface area contributed by atoms with Crippen molar-refractivity contribution in [3.05, 3.63) is 47.4 Å².